The molecule has 0 amide bonds. The summed E-state index contributed by atoms with van der Waals surface area (Å²) in [6.45, 7) is 0. The molecule has 74 valence electrons. The standard InChI is InChI=1S/C9H7ClO3S/c10-7-4-2-1-3-6(7)9(13)14-5-8(11)12/h1-4H,5H2,(H,11,12). The second-order valence-corrected chi connectivity index (χ2v) is 3.81. The van der Waals surface area contributed by atoms with Crippen LogP contribution in [0.1, 0.15) is 10.4 Å². The Labute approximate surface area is 90.1 Å². The fourth-order valence-electron chi connectivity index (χ4n) is 0.832. The van der Waals surface area contributed by atoms with E-state index < -0.39 is 5.97 Å². The van der Waals surface area contributed by atoms with Crippen molar-refractivity contribution in [2.75, 3.05) is 5.75 Å². The maximum Gasteiger partial charge on any atom is 0.313 e. The molecule has 3 nitrogen and oxygen atoms in total. The Hall–Kier alpha value is -1.00. The first-order valence-corrected chi connectivity index (χ1v) is 5.11. The Kier molecular flexibility index (Phi) is 3.98. The van der Waals surface area contributed by atoms with E-state index in [2.05, 4.69) is 0 Å². The maximum absolute atomic E-state index is 11.4. The van der Waals surface area contributed by atoms with Gasteiger partial charge in [0.2, 0.25) is 5.12 Å². The molecule has 0 unspecified atom stereocenters. The zero-order valence-corrected chi connectivity index (χ0v) is 8.64. The Balaban J connectivity index is 2.70. The lowest BCUT2D eigenvalue weighted by molar-refractivity contribution is -0.133. The highest BCUT2D eigenvalue weighted by atomic mass is 35.5. The minimum absolute atomic E-state index is 0.246. The number of carboxylic acid groups (broad SMARTS) is 1. The third-order valence-electron chi connectivity index (χ3n) is 1.42. The molecule has 1 aromatic rings. The molecule has 0 saturated heterocycles. The molecule has 0 atom stereocenters. The second-order valence-electron chi connectivity index (χ2n) is 2.45. The molecule has 0 aliphatic carbocycles. The summed E-state index contributed by atoms with van der Waals surface area (Å²) in [5.74, 6) is -1.26. The summed E-state index contributed by atoms with van der Waals surface area (Å²) in [7, 11) is 0. The number of benzene rings is 1. The molecule has 1 rings (SSSR count). The molecular formula is C9H7ClO3S. The van der Waals surface area contributed by atoms with Crippen LogP contribution in [0.5, 0.6) is 0 Å². The first-order chi connectivity index (χ1) is 6.61. The zero-order chi connectivity index (χ0) is 10.6. The number of thioether (sulfide) groups is 1. The molecule has 14 heavy (non-hydrogen) atoms. The summed E-state index contributed by atoms with van der Waals surface area (Å²) in [5, 5.41) is 8.39. The van der Waals surface area contributed by atoms with E-state index in [0.717, 1.165) is 11.8 Å². The van der Waals surface area contributed by atoms with E-state index in [9.17, 15) is 9.59 Å². The number of hydrogen-bond acceptors (Lipinski definition) is 3. The number of halogens is 1. The summed E-state index contributed by atoms with van der Waals surface area (Å²) in [5.41, 5.74) is 0.348. The van der Waals surface area contributed by atoms with Crippen LogP contribution in [0.2, 0.25) is 5.02 Å². The van der Waals surface area contributed by atoms with Gasteiger partial charge in [0.25, 0.3) is 0 Å². The lowest BCUT2D eigenvalue weighted by Crippen LogP contribution is -2.03. The lowest BCUT2D eigenvalue weighted by atomic mass is 10.2. The van der Waals surface area contributed by atoms with Crippen LogP contribution in [0.15, 0.2) is 24.3 Å². The molecule has 0 aromatic heterocycles. The Morgan fingerprint density at radius 3 is 2.57 bits per heavy atom. The highest BCUT2D eigenvalue weighted by molar-refractivity contribution is 8.14. The van der Waals surface area contributed by atoms with Crippen LogP contribution in [-0.2, 0) is 4.79 Å². The molecule has 1 aromatic carbocycles. The van der Waals surface area contributed by atoms with Crippen LogP contribution in [0, 0.1) is 0 Å². The Morgan fingerprint density at radius 1 is 1.36 bits per heavy atom. The summed E-state index contributed by atoms with van der Waals surface area (Å²) in [6.07, 6.45) is 0. The van der Waals surface area contributed by atoms with E-state index in [1.165, 1.54) is 0 Å². The van der Waals surface area contributed by atoms with E-state index >= 15 is 0 Å². The second kappa shape index (κ2) is 5.02. The molecular weight excluding hydrogens is 224 g/mol. The molecule has 0 aliphatic rings. The predicted octanol–water partition coefficient (Wildman–Crippen LogP) is 2.30. The highest BCUT2D eigenvalue weighted by Gasteiger charge is 2.11. The molecule has 0 spiro atoms. The van der Waals surface area contributed by atoms with Crippen molar-refractivity contribution in [1.29, 1.82) is 0 Å². The minimum Gasteiger partial charge on any atom is -0.481 e. The van der Waals surface area contributed by atoms with Crippen LogP contribution in [-0.4, -0.2) is 21.9 Å². The van der Waals surface area contributed by atoms with Crippen LogP contribution in [0.25, 0.3) is 0 Å². The monoisotopic (exact) mass is 230 g/mol. The van der Waals surface area contributed by atoms with Gasteiger partial charge in [-0.25, -0.2) is 0 Å². The van der Waals surface area contributed by atoms with Crippen LogP contribution in [0.4, 0.5) is 0 Å². The number of rotatable bonds is 3. The molecule has 0 heterocycles. The van der Waals surface area contributed by atoms with Crippen molar-refractivity contribution < 1.29 is 14.7 Å². The molecule has 0 aliphatic heterocycles. The van der Waals surface area contributed by atoms with E-state index in [0.29, 0.717) is 10.6 Å². The average molecular weight is 231 g/mol. The molecule has 0 radical (unpaired) electrons. The predicted molar refractivity (Wildman–Crippen MR) is 55.9 cm³/mol. The number of carboxylic acids is 1. The lowest BCUT2D eigenvalue weighted by Gasteiger charge is -2.00. The normalized spacial score (nSPS) is 9.79. The Morgan fingerprint density at radius 2 is 2.00 bits per heavy atom. The van der Waals surface area contributed by atoms with Gasteiger partial charge in [-0.1, -0.05) is 35.5 Å². The van der Waals surface area contributed by atoms with Gasteiger partial charge in [-0.15, -0.1) is 0 Å². The van der Waals surface area contributed by atoms with E-state index in [4.69, 9.17) is 16.7 Å². The van der Waals surface area contributed by atoms with Gasteiger partial charge in [-0.3, -0.25) is 9.59 Å². The van der Waals surface area contributed by atoms with Crippen molar-refractivity contribution in [3.8, 4) is 0 Å². The molecule has 0 bridgehead atoms. The van der Waals surface area contributed by atoms with Gasteiger partial charge < -0.3 is 5.11 Å². The molecule has 1 N–H and O–H groups in total. The molecule has 0 saturated carbocycles. The number of aliphatic carboxylic acids is 1. The zero-order valence-electron chi connectivity index (χ0n) is 7.07. The fourth-order valence-corrected chi connectivity index (χ4v) is 1.70. The topological polar surface area (TPSA) is 54.4 Å². The average Bonchev–Trinajstić information content (AvgIpc) is 2.15. The van der Waals surface area contributed by atoms with Gasteiger partial charge in [-0.2, -0.15) is 0 Å². The number of carbonyl (C=O) groups excluding carboxylic acids is 1. The van der Waals surface area contributed by atoms with Crippen molar-refractivity contribution >= 4 is 34.4 Å². The van der Waals surface area contributed by atoms with Crippen molar-refractivity contribution in [3.05, 3.63) is 34.9 Å². The summed E-state index contributed by atoms with van der Waals surface area (Å²) < 4.78 is 0. The molecule has 5 heteroatoms. The van der Waals surface area contributed by atoms with Crippen LogP contribution >= 0.6 is 23.4 Å². The Bertz CT molecular complexity index is 365. The van der Waals surface area contributed by atoms with Crippen LogP contribution in [0.3, 0.4) is 0 Å². The van der Waals surface area contributed by atoms with Gasteiger partial charge in [0.1, 0.15) is 0 Å². The van der Waals surface area contributed by atoms with Crippen LogP contribution < -0.4 is 0 Å². The smallest absolute Gasteiger partial charge is 0.313 e. The van der Waals surface area contributed by atoms with Crippen molar-refractivity contribution in [1.82, 2.24) is 0 Å². The third kappa shape index (κ3) is 3.05. The first kappa shape index (κ1) is 11.1. The van der Waals surface area contributed by atoms with Crippen molar-refractivity contribution in [2.45, 2.75) is 0 Å². The molecule has 0 fully saturated rings. The minimum atomic E-state index is -1.02. The van der Waals surface area contributed by atoms with Crippen molar-refractivity contribution in [3.63, 3.8) is 0 Å². The largest absolute Gasteiger partial charge is 0.481 e. The third-order valence-corrected chi connectivity index (χ3v) is 2.62. The SMILES string of the molecule is O=C(O)CSC(=O)c1ccccc1Cl. The number of carbonyl (C=O) groups is 2. The van der Waals surface area contributed by atoms with E-state index in [1.807, 2.05) is 0 Å². The summed E-state index contributed by atoms with van der Waals surface area (Å²) in [6, 6.07) is 6.55. The van der Waals surface area contributed by atoms with Gasteiger partial charge in [-0.05, 0) is 12.1 Å². The van der Waals surface area contributed by atoms with Gasteiger partial charge in [0.05, 0.1) is 10.8 Å². The van der Waals surface area contributed by atoms with Crippen molar-refractivity contribution in [2.24, 2.45) is 0 Å². The summed E-state index contributed by atoms with van der Waals surface area (Å²) >= 11 is 6.48. The van der Waals surface area contributed by atoms with Gasteiger partial charge in [0.15, 0.2) is 0 Å². The highest BCUT2D eigenvalue weighted by Crippen LogP contribution is 2.20. The maximum atomic E-state index is 11.4. The fraction of sp³-hybridized carbons (Fsp3) is 0.111. The quantitative estimate of drug-likeness (QED) is 0.866. The van der Waals surface area contributed by atoms with E-state index in [-0.39, 0.29) is 10.9 Å². The van der Waals surface area contributed by atoms with Gasteiger partial charge >= 0.3 is 5.97 Å². The number of hydrogen-bond donors (Lipinski definition) is 1. The van der Waals surface area contributed by atoms with E-state index in [1.54, 1.807) is 24.3 Å². The summed E-state index contributed by atoms with van der Waals surface area (Å²) in [4.78, 5) is 21.6. The first-order valence-electron chi connectivity index (χ1n) is 3.74. The van der Waals surface area contributed by atoms with Gasteiger partial charge in [0, 0.05) is 5.56 Å².